The van der Waals surface area contributed by atoms with Crippen molar-refractivity contribution >= 4 is 17.6 Å². The van der Waals surface area contributed by atoms with E-state index in [2.05, 4.69) is 20.4 Å². The lowest BCUT2D eigenvalue weighted by molar-refractivity contribution is -0.117. The molecule has 0 radical (unpaired) electrons. The highest BCUT2D eigenvalue weighted by Crippen LogP contribution is 2.36. The number of nitrogens with one attached hydrogen (secondary N) is 1. The maximum atomic E-state index is 13.4. The van der Waals surface area contributed by atoms with E-state index in [1.807, 2.05) is 30.3 Å². The minimum absolute atomic E-state index is 0.0905. The van der Waals surface area contributed by atoms with Crippen molar-refractivity contribution in [2.75, 3.05) is 11.1 Å². The molecule has 1 unspecified atom stereocenters. The molecule has 0 aliphatic heterocycles. The molecule has 2 aromatic carbocycles. The third kappa shape index (κ3) is 3.88. The van der Waals surface area contributed by atoms with E-state index in [4.69, 9.17) is 10.3 Å². The summed E-state index contributed by atoms with van der Waals surface area (Å²) in [5.74, 6) is -0.519. The first kappa shape index (κ1) is 19.3. The van der Waals surface area contributed by atoms with Gasteiger partial charge in [0.1, 0.15) is 22.9 Å². The topological polar surface area (TPSA) is 107 Å². The lowest BCUT2D eigenvalue weighted by atomic mass is 10.0. The Morgan fingerprint density at radius 3 is 2.53 bits per heavy atom. The molecule has 0 saturated carbocycles. The normalized spacial score (nSPS) is 11.8. The second-order valence-electron chi connectivity index (χ2n) is 6.67. The molecule has 3 N–H and O–H groups in total. The van der Waals surface area contributed by atoms with E-state index < -0.39 is 5.92 Å². The van der Waals surface area contributed by atoms with Gasteiger partial charge in [-0.3, -0.25) is 10.1 Å². The van der Waals surface area contributed by atoms with Crippen LogP contribution in [0.25, 0.3) is 22.6 Å². The maximum absolute atomic E-state index is 13.4. The van der Waals surface area contributed by atoms with Crippen molar-refractivity contribution in [1.29, 1.82) is 0 Å². The average molecular weight is 403 g/mol. The number of halogens is 1. The first-order chi connectivity index (χ1) is 14.5. The van der Waals surface area contributed by atoms with Crippen LogP contribution in [0.1, 0.15) is 18.4 Å². The molecule has 2 heterocycles. The second kappa shape index (κ2) is 8.12. The molecule has 0 fully saturated rings. The number of aromatic nitrogens is 3. The number of hydrogen-bond acceptors (Lipinski definition) is 6. The lowest BCUT2D eigenvalue weighted by Crippen LogP contribution is -2.19. The van der Waals surface area contributed by atoms with Crippen molar-refractivity contribution in [1.82, 2.24) is 15.1 Å². The van der Waals surface area contributed by atoms with Crippen molar-refractivity contribution in [3.05, 3.63) is 78.2 Å². The molecule has 4 rings (SSSR count). The van der Waals surface area contributed by atoms with Gasteiger partial charge in [-0.2, -0.15) is 0 Å². The number of rotatable bonds is 5. The monoisotopic (exact) mass is 403 g/mol. The van der Waals surface area contributed by atoms with E-state index in [-0.39, 0.29) is 29.3 Å². The Morgan fingerprint density at radius 1 is 1.10 bits per heavy atom. The Labute approximate surface area is 171 Å². The molecule has 0 bridgehead atoms. The molecule has 1 amide bonds. The molecule has 0 saturated heterocycles. The number of hydrogen-bond donors (Lipinski definition) is 2. The van der Waals surface area contributed by atoms with Crippen molar-refractivity contribution in [2.24, 2.45) is 0 Å². The van der Waals surface area contributed by atoms with Crippen LogP contribution in [-0.4, -0.2) is 21.0 Å². The number of nitrogens with zero attached hydrogens (tertiary/aromatic N) is 3. The summed E-state index contributed by atoms with van der Waals surface area (Å²) in [6.45, 7) is 1.79. The van der Waals surface area contributed by atoms with Gasteiger partial charge in [0.15, 0.2) is 5.82 Å². The molecule has 7 nitrogen and oxygen atoms in total. The molecule has 8 heteroatoms. The average Bonchev–Trinajstić information content (AvgIpc) is 3.17. The predicted octanol–water partition coefficient (Wildman–Crippen LogP) is 4.26. The van der Waals surface area contributed by atoms with Crippen LogP contribution in [0.3, 0.4) is 0 Å². The predicted molar refractivity (Wildman–Crippen MR) is 111 cm³/mol. The number of nitrogen functional groups attached to an aromatic ring is 1. The van der Waals surface area contributed by atoms with Gasteiger partial charge in [0.25, 0.3) is 0 Å². The van der Waals surface area contributed by atoms with E-state index in [1.54, 1.807) is 25.1 Å². The van der Waals surface area contributed by atoms with Gasteiger partial charge in [-0.15, -0.1) is 0 Å². The smallest absolute Gasteiger partial charge is 0.243 e. The molecule has 0 spiro atoms. The van der Waals surface area contributed by atoms with Crippen LogP contribution in [0.4, 0.5) is 16.1 Å². The molecule has 30 heavy (non-hydrogen) atoms. The minimum Gasteiger partial charge on any atom is -0.384 e. The highest BCUT2D eigenvalue weighted by Gasteiger charge is 2.25. The van der Waals surface area contributed by atoms with E-state index in [9.17, 15) is 9.18 Å². The summed E-state index contributed by atoms with van der Waals surface area (Å²) >= 11 is 0. The zero-order valence-corrected chi connectivity index (χ0v) is 16.0. The Balaban J connectivity index is 1.74. The largest absolute Gasteiger partial charge is 0.384 e. The maximum Gasteiger partial charge on any atom is 0.243 e. The van der Waals surface area contributed by atoms with Gasteiger partial charge in [0.05, 0.1) is 5.92 Å². The minimum atomic E-state index is -0.430. The number of carbonyl (C=O) groups excluding carboxylic acids is 1. The van der Waals surface area contributed by atoms with E-state index in [1.165, 1.54) is 18.3 Å². The van der Waals surface area contributed by atoms with Crippen LogP contribution in [-0.2, 0) is 4.79 Å². The summed E-state index contributed by atoms with van der Waals surface area (Å²) in [6, 6.07) is 16.6. The summed E-state index contributed by atoms with van der Waals surface area (Å²) in [4.78, 5) is 21.3. The zero-order chi connectivity index (χ0) is 21.1. The van der Waals surface area contributed by atoms with E-state index in [0.717, 1.165) is 5.56 Å². The number of carbonyl (C=O) groups is 1. The molecular formula is C22H18FN5O2. The summed E-state index contributed by atoms with van der Waals surface area (Å²) < 4.78 is 18.8. The molecule has 150 valence electrons. The molecule has 0 aliphatic carbocycles. The second-order valence-corrected chi connectivity index (χ2v) is 6.67. The highest BCUT2D eigenvalue weighted by atomic mass is 19.1. The zero-order valence-electron chi connectivity index (χ0n) is 16.0. The van der Waals surface area contributed by atoms with E-state index in [0.29, 0.717) is 16.8 Å². The molecule has 4 aromatic rings. The Hall–Kier alpha value is -4.07. The lowest BCUT2D eigenvalue weighted by Gasteiger charge is -2.11. The summed E-state index contributed by atoms with van der Waals surface area (Å²) in [6.07, 6.45) is 1.50. The van der Waals surface area contributed by atoms with Gasteiger partial charge >= 0.3 is 0 Å². The Kier molecular flexibility index (Phi) is 5.21. The number of amides is 1. The van der Waals surface area contributed by atoms with Gasteiger partial charge in [-0.1, -0.05) is 35.5 Å². The van der Waals surface area contributed by atoms with Crippen molar-refractivity contribution in [3.63, 3.8) is 0 Å². The van der Waals surface area contributed by atoms with Crippen LogP contribution >= 0.6 is 0 Å². The first-order valence-electron chi connectivity index (χ1n) is 9.23. The Bertz CT molecular complexity index is 1180. The fraction of sp³-hybridized carbons (Fsp3) is 0.0909. The fourth-order valence-corrected chi connectivity index (χ4v) is 2.99. The van der Waals surface area contributed by atoms with Gasteiger partial charge in [0, 0.05) is 11.8 Å². The van der Waals surface area contributed by atoms with Crippen LogP contribution in [0.5, 0.6) is 0 Å². The van der Waals surface area contributed by atoms with Crippen molar-refractivity contribution < 1.29 is 13.7 Å². The number of benzene rings is 2. The summed E-state index contributed by atoms with van der Waals surface area (Å²) in [5.41, 5.74) is 7.98. The van der Waals surface area contributed by atoms with Crippen LogP contribution in [0, 0.1) is 5.82 Å². The van der Waals surface area contributed by atoms with Gasteiger partial charge in [0.2, 0.25) is 11.8 Å². The first-order valence-corrected chi connectivity index (χ1v) is 9.23. The summed E-state index contributed by atoms with van der Waals surface area (Å²) in [5, 5.41) is 6.84. The number of anilines is 2. The van der Waals surface area contributed by atoms with Crippen LogP contribution < -0.4 is 11.1 Å². The van der Waals surface area contributed by atoms with Crippen LogP contribution in [0.2, 0.25) is 0 Å². The highest BCUT2D eigenvalue weighted by molar-refractivity contribution is 5.99. The Morgan fingerprint density at radius 2 is 1.83 bits per heavy atom. The van der Waals surface area contributed by atoms with Crippen molar-refractivity contribution in [2.45, 2.75) is 12.8 Å². The van der Waals surface area contributed by atoms with Crippen molar-refractivity contribution in [3.8, 4) is 22.6 Å². The molecule has 2 aromatic heterocycles. The van der Waals surface area contributed by atoms with Gasteiger partial charge < -0.3 is 10.3 Å². The third-order valence-electron chi connectivity index (χ3n) is 4.64. The third-order valence-corrected chi connectivity index (χ3v) is 4.64. The summed E-state index contributed by atoms with van der Waals surface area (Å²) in [7, 11) is 0. The SMILES string of the molecule is CC(C(=O)Nc1onc(-c2ccc(F)cc2)c1-c1nccc(N)n1)c1ccccc1. The van der Waals surface area contributed by atoms with Gasteiger partial charge in [-0.05, 0) is 42.8 Å². The molecule has 1 atom stereocenters. The quantitative estimate of drug-likeness (QED) is 0.516. The standard InChI is InChI=1S/C22H18FN5O2/c1-13(14-5-3-2-4-6-14)21(29)27-22-18(20-25-12-11-17(24)26-20)19(28-30-22)15-7-9-16(23)10-8-15/h2-13H,1H3,(H,27,29)(H2,24,25,26). The molecular weight excluding hydrogens is 385 g/mol. The van der Waals surface area contributed by atoms with Gasteiger partial charge in [-0.25, -0.2) is 14.4 Å². The van der Waals surface area contributed by atoms with Crippen LogP contribution in [0.15, 0.2) is 71.4 Å². The molecule has 0 aliphatic rings. The number of nitrogens with two attached hydrogens (primary N) is 1. The van der Waals surface area contributed by atoms with E-state index >= 15 is 0 Å². The fourth-order valence-electron chi connectivity index (χ4n) is 2.99.